The van der Waals surface area contributed by atoms with Crippen LogP contribution >= 0.6 is 0 Å². The van der Waals surface area contributed by atoms with Gasteiger partial charge in [0.1, 0.15) is 0 Å². The molecule has 3 nitrogen and oxygen atoms in total. The van der Waals surface area contributed by atoms with Crippen LogP contribution < -0.4 is 5.56 Å². The van der Waals surface area contributed by atoms with E-state index in [9.17, 15) is 4.79 Å². The molecule has 1 N–H and O–H groups in total. The lowest BCUT2D eigenvalue weighted by atomic mass is 10.1. The molecule has 0 fully saturated rings. The second kappa shape index (κ2) is 4.62. The fraction of sp³-hybridized carbons (Fsp3) is 0.357. The van der Waals surface area contributed by atoms with Gasteiger partial charge in [-0.2, -0.15) is 0 Å². The number of nitrogens with one attached hydrogen (secondary N) is 1. The summed E-state index contributed by atoms with van der Waals surface area (Å²) >= 11 is 0. The molecule has 0 aliphatic carbocycles. The molecule has 2 aromatic rings. The molecule has 2 rings (SSSR count). The van der Waals surface area contributed by atoms with Gasteiger partial charge < -0.3 is 0 Å². The average molecular weight is 230 g/mol. The molecule has 0 radical (unpaired) electrons. The summed E-state index contributed by atoms with van der Waals surface area (Å²) in [7, 11) is 0. The lowest BCUT2D eigenvalue weighted by molar-refractivity contribution is 0.581. The number of hydrogen-bond donors (Lipinski definition) is 1. The van der Waals surface area contributed by atoms with Gasteiger partial charge >= 0.3 is 0 Å². The van der Waals surface area contributed by atoms with Crippen LogP contribution in [-0.4, -0.2) is 9.78 Å². The molecule has 0 aliphatic heterocycles. The fourth-order valence-electron chi connectivity index (χ4n) is 2.05. The smallest absolute Gasteiger partial charge is 0.274 e. The van der Waals surface area contributed by atoms with E-state index in [-0.39, 0.29) is 5.56 Å². The number of aromatic nitrogens is 2. The zero-order valence-electron chi connectivity index (χ0n) is 10.6. The van der Waals surface area contributed by atoms with Gasteiger partial charge in [-0.05, 0) is 25.8 Å². The molecule has 0 bridgehead atoms. The van der Waals surface area contributed by atoms with Crippen LogP contribution in [0, 0.1) is 13.8 Å². The maximum absolute atomic E-state index is 12.2. The Balaban J connectivity index is 2.52. The zero-order valence-corrected chi connectivity index (χ0v) is 10.6. The highest BCUT2D eigenvalue weighted by atomic mass is 16.1. The lowest BCUT2D eigenvalue weighted by Gasteiger charge is -1.98. The van der Waals surface area contributed by atoms with Gasteiger partial charge in [-0.1, -0.05) is 36.8 Å². The third-order valence-corrected chi connectivity index (χ3v) is 2.92. The van der Waals surface area contributed by atoms with Crippen molar-refractivity contribution < 1.29 is 0 Å². The van der Waals surface area contributed by atoms with E-state index in [0.717, 1.165) is 29.8 Å². The van der Waals surface area contributed by atoms with Gasteiger partial charge in [0, 0.05) is 12.2 Å². The third-order valence-electron chi connectivity index (χ3n) is 2.92. The van der Waals surface area contributed by atoms with Gasteiger partial charge in [0.15, 0.2) is 0 Å². The van der Waals surface area contributed by atoms with E-state index >= 15 is 0 Å². The normalized spacial score (nSPS) is 10.8. The van der Waals surface area contributed by atoms with Crippen molar-refractivity contribution in [2.45, 2.75) is 33.7 Å². The molecule has 0 aliphatic rings. The first-order chi connectivity index (χ1) is 8.13. The zero-order chi connectivity index (χ0) is 12.4. The van der Waals surface area contributed by atoms with Crippen LogP contribution in [0.3, 0.4) is 0 Å². The monoisotopic (exact) mass is 230 g/mol. The molecule has 1 heterocycles. The summed E-state index contributed by atoms with van der Waals surface area (Å²) in [5.41, 5.74) is 4.00. The highest BCUT2D eigenvalue weighted by Gasteiger charge is 2.12. The van der Waals surface area contributed by atoms with Crippen molar-refractivity contribution in [3.8, 4) is 11.1 Å². The quantitative estimate of drug-likeness (QED) is 0.865. The standard InChI is InChI=1S/C14H18N2O/c1-4-9-16-14(17)13(11(3)15-16)12-7-5-10(2)6-8-12/h5-8,15H,4,9H2,1-3H3. The molecule has 0 atom stereocenters. The van der Waals surface area contributed by atoms with Crippen molar-refractivity contribution in [1.29, 1.82) is 0 Å². The van der Waals surface area contributed by atoms with Gasteiger partial charge in [0.05, 0.1) is 5.56 Å². The number of rotatable bonds is 3. The Hall–Kier alpha value is -1.77. The summed E-state index contributed by atoms with van der Waals surface area (Å²) in [6, 6.07) is 8.07. The largest absolute Gasteiger partial charge is 0.299 e. The molecule has 1 aromatic carbocycles. The van der Waals surface area contributed by atoms with E-state index in [1.165, 1.54) is 5.56 Å². The molecular formula is C14H18N2O. The Labute approximate surface area is 101 Å². The molecule has 0 unspecified atom stereocenters. The summed E-state index contributed by atoms with van der Waals surface area (Å²) in [6.45, 7) is 6.80. The number of nitrogens with zero attached hydrogens (tertiary/aromatic N) is 1. The summed E-state index contributed by atoms with van der Waals surface area (Å²) in [4.78, 5) is 12.2. The molecule has 0 saturated heterocycles. The topological polar surface area (TPSA) is 37.8 Å². The van der Waals surface area contributed by atoms with Gasteiger partial charge in [0.2, 0.25) is 0 Å². The van der Waals surface area contributed by atoms with Crippen molar-refractivity contribution >= 4 is 0 Å². The minimum Gasteiger partial charge on any atom is -0.299 e. The summed E-state index contributed by atoms with van der Waals surface area (Å²) in [6.07, 6.45) is 0.952. The molecule has 1 aromatic heterocycles. The summed E-state index contributed by atoms with van der Waals surface area (Å²) in [5, 5.41) is 3.13. The first-order valence-corrected chi connectivity index (χ1v) is 6.00. The van der Waals surface area contributed by atoms with Gasteiger partial charge in [0.25, 0.3) is 5.56 Å². The van der Waals surface area contributed by atoms with Crippen LogP contribution in [0.4, 0.5) is 0 Å². The maximum Gasteiger partial charge on any atom is 0.274 e. The summed E-state index contributed by atoms with van der Waals surface area (Å²) in [5.74, 6) is 0. The molecule has 3 heteroatoms. The van der Waals surface area contributed by atoms with Crippen LogP contribution in [0.2, 0.25) is 0 Å². The molecular weight excluding hydrogens is 212 g/mol. The Bertz CT molecular complexity index is 561. The number of aryl methyl sites for hydroxylation is 3. The van der Waals surface area contributed by atoms with E-state index in [0.29, 0.717) is 0 Å². The van der Waals surface area contributed by atoms with Crippen LogP contribution in [-0.2, 0) is 6.54 Å². The second-order valence-corrected chi connectivity index (χ2v) is 4.43. The Kier molecular flexibility index (Phi) is 3.18. The van der Waals surface area contributed by atoms with Crippen molar-refractivity contribution in [3.05, 3.63) is 45.9 Å². The predicted octanol–water partition coefficient (Wildman–Crippen LogP) is 2.87. The van der Waals surface area contributed by atoms with E-state index in [1.807, 2.05) is 38.1 Å². The van der Waals surface area contributed by atoms with Crippen LogP contribution in [0.5, 0.6) is 0 Å². The average Bonchev–Trinajstić information content (AvgIpc) is 2.57. The number of hydrogen-bond acceptors (Lipinski definition) is 1. The second-order valence-electron chi connectivity index (χ2n) is 4.43. The van der Waals surface area contributed by atoms with Crippen LogP contribution in [0.1, 0.15) is 24.6 Å². The molecule has 17 heavy (non-hydrogen) atoms. The highest BCUT2D eigenvalue weighted by Crippen LogP contribution is 2.19. The number of benzene rings is 1. The van der Waals surface area contributed by atoms with Gasteiger partial charge in [-0.15, -0.1) is 0 Å². The van der Waals surface area contributed by atoms with Gasteiger partial charge in [-0.3, -0.25) is 14.6 Å². The third kappa shape index (κ3) is 2.18. The molecule has 0 amide bonds. The maximum atomic E-state index is 12.2. The first kappa shape index (κ1) is 11.7. The number of aromatic amines is 1. The predicted molar refractivity (Wildman–Crippen MR) is 70.3 cm³/mol. The summed E-state index contributed by atoms with van der Waals surface area (Å²) < 4.78 is 1.69. The Morgan fingerprint density at radius 2 is 1.82 bits per heavy atom. The van der Waals surface area contributed by atoms with Crippen LogP contribution in [0.15, 0.2) is 29.1 Å². The van der Waals surface area contributed by atoms with Crippen LogP contribution in [0.25, 0.3) is 11.1 Å². The van der Waals surface area contributed by atoms with E-state index in [4.69, 9.17) is 0 Å². The first-order valence-electron chi connectivity index (χ1n) is 6.00. The SMILES string of the molecule is CCCn1[nH]c(C)c(-c2ccc(C)cc2)c1=O. The molecule has 90 valence electrons. The Morgan fingerprint density at radius 3 is 2.41 bits per heavy atom. The van der Waals surface area contributed by atoms with Crippen molar-refractivity contribution in [3.63, 3.8) is 0 Å². The van der Waals surface area contributed by atoms with E-state index in [2.05, 4.69) is 12.0 Å². The van der Waals surface area contributed by atoms with E-state index < -0.39 is 0 Å². The molecule has 0 spiro atoms. The Morgan fingerprint density at radius 1 is 1.18 bits per heavy atom. The van der Waals surface area contributed by atoms with Crippen molar-refractivity contribution in [2.75, 3.05) is 0 Å². The fourth-order valence-corrected chi connectivity index (χ4v) is 2.05. The van der Waals surface area contributed by atoms with E-state index in [1.54, 1.807) is 4.68 Å². The number of H-pyrrole nitrogens is 1. The minimum atomic E-state index is 0.0770. The van der Waals surface area contributed by atoms with Crippen molar-refractivity contribution in [2.24, 2.45) is 0 Å². The lowest BCUT2D eigenvalue weighted by Crippen LogP contribution is -2.17. The van der Waals surface area contributed by atoms with Crippen molar-refractivity contribution in [1.82, 2.24) is 9.78 Å². The highest BCUT2D eigenvalue weighted by molar-refractivity contribution is 5.65. The molecule has 0 saturated carbocycles. The van der Waals surface area contributed by atoms with Gasteiger partial charge in [-0.25, -0.2) is 0 Å². The minimum absolute atomic E-state index is 0.0770.